The van der Waals surface area contributed by atoms with E-state index in [4.69, 9.17) is 4.42 Å². The van der Waals surface area contributed by atoms with Gasteiger partial charge in [-0.05, 0) is 30.5 Å². The lowest BCUT2D eigenvalue weighted by atomic mass is 10.3. The second kappa shape index (κ2) is 7.42. The predicted molar refractivity (Wildman–Crippen MR) is 84.6 cm³/mol. The van der Waals surface area contributed by atoms with Crippen molar-refractivity contribution in [3.8, 4) is 0 Å². The molecule has 23 heavy (non-hydrogen) atoms. The van der Waals surface area contributed by atoms with E-state index >= 15 is 0 Å². The summed E-state index contributed by atoms with van der Waals surface area (Å²) in [5.41, 5.74) is 0. The van der Waals surface area contributed by atoms with Crippen LogP contribution in [-0.4, -0.2) is 33.3 Å². The summed E-state index contributed by atoms with van der Waals surface area (Å²) in [7, 11) is -3.74. The lowest BCUT2D eigenvalue weighted by Crippen LogP contribution is -2.42. The number of furan rings is 1. The molecule has 9 heteroatoms. The number of hydrogen-bond acceptors (Lipinski definition) is 6. The topological polar surface area (TPSA) is 105 Å². The van der Waals surface area contributed by atoms with Gasteiger partial charge in [-0.1, -0.05) is 6.07 Å². The second-order valence-corrected chi connectivity index (χ2v) is 7.86. The zero-order valence-electron chi connectivity index (χ0n) is 12.3. The Hall–Kier alpha value is -2.13. The van der Waals surface area contributed by atoms with Gasteiger partial charge < -0.3 is 15.1 Å². The van der Waals surface area contributed by atoms with E-state index in [0.29, 0.717) is 6.54 Å². The van der Waals surface area contributed by atoms with Crippen LogP contribution in [0.1, 0.15) is 17.9 Å². The van der Waals surface area contributed by atoms with Crippen molar-refractivity contribution >= 4 is 33.0 Å². The molecule has 2 aromatic heterocycles. The molecule has 0 fully saturated rings. The molecule has 0 aliphatic heterocycles. The number of hydrogen-bond donors (Lipinski definition) is 2. The van der Waals surface area contributed by atoms with E-state index in [0.717, 1.165) is 11.3 Å². The van der Waals surface area contributed by atoms with Crippen LogP contribution in [0.5, 0.6) is 0 Å². The number of sulfone groups is 1. The van der Waals surface area contributed by atoms with Crippen LogP contribution < -0.4 is 10.6 Å². The van der Waals surface area contributed by atoms with Crippen LogP contribution in [0, 0.1) is 0 Å². The zero-order valence-corrected chi connectivity index (χ0v) is 13.9. The Morgan fingerprint density at radius 1 is 1.22 bits per heavy atom. The van der Waals surface area contributed by atoms with Gasteiger partial charge in [0.15, 0.2) is 9.84 Å². The number of carbonyl (C=O) groups is 2. The molecule has 0 aliphatic carbocycles. The fourth-order valence-corrected chi connectivity index (χ4v) is 4.70. The van der Waals surface area contributed by atoms with Gasteiger partial charge in [0.05, 0.1) is 6.26 Å². The third kappa shape index (κ3) is 3.99. The van der Waals surface area contributed by atoms with Crippen molar-refractivity contribution in [2.24, 2.45) is 0 Å². The van der Waals surface area contributed by atoms with Gasteiger partial charge in [-0.25, -0.2) is 8.42 Å². The largest absolute Gasteiger partial charge is 0.468 e. The Morgan fingerprint density at radius 3 is 2.52 bits per heavy atom. The number of thiophene rings is 1. The predicted octanol–water partition coefficient (Wildman–Crippen LogP) is 1.11. The lowest BCUT2D eigenvalue weighted by molar-refractivity contribution is -0.139. The molecule has 1 atom stereocenters. The summed E-state index contributed by atoms with van der Waals surface area (Å²) in [5, 5.41) is 5.24. The van der Waals surface area contributed by atoms with Crippen molar-refractivity contribution in [2.75, 3.05) is 13.1 Å². The molecule has 0 bridgehead atoms. The molecule has 7 nitrogen and oxygen atoms in total. The first-order valence-corrected chi connectivity index (χ1v) is 9.26. The molecule has 0 aliphatic rings. The van der Waals surface area contributed by atoms with Gasteiger partial charge in [0, 0.05) is 13.1 Å². The third-order valence-corrected chi connectivity index (χ3v) is 6.49. The number of rotatable bonds is 6. The van der Waals surface area contributed by atoms with E-state index in [1.54, 1.807) is 24.4 Å². The van der Waals surface area contributed by atoms with Crippen LogP contribution >= 0.6 is 11.3 Å². The average Bonchev–Trinajstić information content (AvgIpc) is 3.21. The van der Waals surface area contributed by atoms with Crippen LogP contribution in [-0.2, 0) is 19.4 Å². The minimum absolute atomic E-state index is 0.172. The van der Waals surface area contributed by atoms with Gasteiger partial charge in [0.25, 0.3) is 0 Å². The van der Waals surface area contributed by atoms with Crippen LogP contribution in [0.3, 0.4) is 0 Å². The maximum absolute atomic E-state index is 12.7. The van der Waals surface area contributed by atoms with E-state index in [2.05, 4.69) is 10.6 Å². The fourth-order valence-electron chi connectivity index (χ4n) is 1.91. The summed E-state index contributed by atoms with van der Waals surface area (Å²) in [4.78, 5) is 23.1. The highest BCUT2D eigenvalue weighted by Gasteiger charge is 2.33. The lowest BCUT2D eigenvalue weighted by Gasteiger charge is -2.15. The van der Waals surface area contributed by atoms with E-state index in [9.17, 15) is 18.0 Å². The molecule has 124 valence electrons. The van der Waals surface area contributed by atoms with Crippen molar-refractivity contribution in [1.82, 2.24) is 10.6 Å². The number of likely N-dealkylation sites (N-methyl/N-ethyl adjacent to an activating group) is 1. The number of nitrogens with one attached hydrogen (secondary N) is 2. The van der Waals surface area contributed by atoms with Crippen LogP contribution in [0.4, 0.5) is 0 Å². The smallest absolute Gasteiger partial charge is 0.309 e. The minimum atomic E-state index is -3.74. The van der Waals surface area contributed by atoms with Gasteiger partial charge >= 0.3 is 11.8 Å². The summed E-state index contributed by atoms with van der Waals surface area (Å²) in [5.74, 6) is -1.49. The SMILES string of the molecule is CCNC(=O)C(=O)NC[C@H](c1ccco1)S(=O)(=O)c1cccs1. The number of amides is 2. The van der Waals surface area contributed by atoms with E-state index in [1.165, 1.54) is 18.4 Å². The first kappa shape index (κ1) is 17.2. The monoisotopic (exact) mass is 356 g/mol. The van der Waals surface area contributed by atoms with Crippen molar-refractivity contribution in [2.45, 2.75) is 16.4 Å². The molecule has 2 amide bonds. The van der Waals surface area contributed by atoms with E-state index in [1.807, 2.05) is 0 Å². The summed E-state index contributed by atoms with van der Waals surface area (Å²) in [6.45, 7) is 1.73. The van der Waals surface area contributed by atoms with Crippen LogP contribution in [0.15, 0.2) is 44.5 Å². The first-order chi connectivity index (χ1) is 11.0. The normalized spacial score (nSPS) is 12.6. The fraction of sp³-hybridized carbons (Fsp3) is 0.286. The van der Waals surface area contributed by atoms with Crippen molar-refractivity contribution < 1.29 is 22.4 Å². The highest BCUT2D eigenvalue weighted by Crippen LogP contribution is 2.31. The van der Waals surface area contributed by atoms with Crippen molar-refractivity contribution in [1.29, 1.82) is 0 Å². The maximum Gasteiger partial charge on any atom is 0.309 e. The molecule has 0 unspecified atom stereocenters. The van der Waals surface area contributed by atoms with Crippen LogP contribution in [0.2, 0.25) is 0 Å². The second-order valence-electron chi connectivity index (χ2n) is 4.55. The van der Waals surface area contributed by atoms with E-state index < -0.39 is 26.9 Å². The molecular formula is C14H16N2O5S2. The molecule has 2 aromatic rings. The van der Waals surface area contributed by atoms with Gasteiger partial charge in [-0.3, -0.25) is 9.59 Å². The Kier molecular flexibility index (Phi) is 5.56. The molecule has 0 saturated carbocycles. The van der Waals surface area contributed by atoms with Crippen LogP contribution in [0.25, 0.3) is 0 Å². The maximum atomic E-state index is 12.7. The standard InChI is InChI=1S/C14H16N2O5S2/c1-2-15-13(17)14(18)16-9-11(10-5-3-7-21-10)23(19,20)12-6-4-8-22-12/h3-8,11H,2,9H2,1H3,(H,15,17)(H,16,18)/t11-/m1/s1. The molecule has 2 heterocycles. The highest BCUT2D eigenvalue weighted by molar-refractivity contribution is 7.93. The Balaban J connectivity index is 2.20. The summed E-state index contributed by atoms with van der Waals surface area (Å²) >= 11 is 1.08. The number of carbonyl (C=O) groups excluding carboxylic acids is 2. The molecule has 2 rings (SSSR count). The molecule has 0 aromatic carbocycles. The average molecular weight is 356 g/mol. The van der Waals surface area contributed by atoms with Crippen molar-refractivity contribution in [3.05, 3.63) is 41.7 Å². The van der Waals surface area contributed by atoms with E-state index in [-0.39, 0.29) is 16.5 Å². The molecule has 0 saturated heterocycles. The van der Waals surface area contributed by atoms with Gasteiger partial charge in [0.1, 0.15) is 15.2 Å². The summed E-state index contributed by atoms with van der Waals surface area (Å²) in [6.07, 6.45) is 1.36. The Labute approximate surface area is 137 Å². The highest BCUT2D eigenvalue weighted by atomic mass is 32.2. The summed E-state index contributed by atoms with van der Waals surface area (Å²) in [6, 6.07) is 6.21. The summed E-state index contributed by atoms with van der Waals surface area (Å²) < 4.78 is 30.8. The quantitative estimate of drug-likeness (QED) is 0.754. The minimum Gasteiger partial charge on any atom is -0.468 e. The Bertz CT molecular complexity index is 751. The van der Waals surface area contributed by atoms with Gasteiger partial charge in [-0.15, -0.1) is 11.3 Å². The third-order valence-electron chi connectivity index (χ3n) is 3.00. The molecular weight excluding hydrogens is 340 g/mol. The zero-order chi connectivity index (χ0) is 16.9. The van der Waals surface area contributed by atoms with Gasteiger partial charge in [0.2, 0.25) is 0 Å². The molecule has 0 radical (unpaired) electrons. The molecule has 2 N–H and O–H groups in total. The van der Waals surface area contributed by atoms with Crippen molar-refractivity contribution in [3.63, 3.8) is 0 Å². The van der Waals surface area contributed by atoms with Gasteiger partial charge in [-0.2, -0.15) is 0 Å². The Morgan fingerprint density at radius 2 is 1.96 bits per heavy atom. The first-order valence-electron chi connectivity index (χ1n) is 6.83. The molecule has 0 spiro atoms.